The van der Waals surface area contributed by atoms with Crippen molar-refractivity contribution < 1.29 is 10.0 Å². The molecule has 0 saturated carbocycles. The fourth-order valence-corrected chi connectivity index (χ4v) is 0.953. The zero-order chi connectivity index (χ0) is 10.4. The highest BCUT2D eigenvalue weighted by Crippen LogP contribution is 2.13. The molecule has 0 unspecified atom stereocenters. The second kappa shape index (κ2) is 5.51. The number of nitrogens with zero attached hydrogens (tertiary/aromatic N) is 1. The fourth-order valence-electron chi connectivity index (χ4n) is 0.953. The smallest absolute Gasteiger partial charge is 0.423 e. The Kier molecular flexibility index (Phi) is 5.03. The molecule has 0 bridgehead atoms. The van der Waals surface area contributed by atoms with Crippen LogP contribution in [-0.2, 0) is 0 Å². The van der Waals surface area contributed by atoms with Crippen LogP contribution in [0, 0.1) is 0 Å². The van der Waals surface area contributed by atoms with Crippen LogP contribution in [0.1, 0.15) is 6.92 Å². The standard InChI is InChI=1S/C9H14BNO2/c1-5-8(7(2)3)9(6-11-4)10(12)13/h5-6,12-13H,1-2H2,3-4H3/b9-8+,11-6?. The SMILES string of the molecule is C=C/C(C(=C)C)=C(/C=NC)B(O)O. The highest BCUT2D eigenvalue weighted by Gasteiger charge is 2.16. The van der Waals surface area contributed by atoms with Crippen LogP contribution in [0.3, 0.4) is 0 Å². The molecule has 0 saturated heterocycles. The van der Waals surface area contributed by atoms with Gasteiger partial charge in [0.1, 0.15) is 0 Å². The third kappa shape index (κ3) is 3.40. The zero-order valence-corrected chi connectivity index (χ0v) is 7.99. The first-order valence-electron chi connectivity index (χ1n) is 3.85. The van der Waals surface area contributed by atoms with E-state index >= 15 is 0 Å². The Morgan fingerprint density at radius 2 is 2.00 bits per heavy atom. The second-order valence-corrected chi connectivity index (χ2v) is 2.61. The first kappa shape index (κ1) is 11.9. The van der Waals surface area contributed by atoms with Crippen molar-refractivity contribution in [2.45, 2.75) is 6.92 Å². The van der Waals surface area contributed by atoms with Gasteiger partial charge in [-0.05, 0) is 12.5 Å². The van der Waals surface area contributed by atoms with Gasteiger partial charge in [0.05, 0.1) is 0 Å². The molecule has 0 aromatic heterocycles. The lowest BCUT2D eigenvalue weighted by Gasteiger charge is -2.06. The minimum absolute atomic E-state index is 0.310. The van der Waals surface area contributed by atoms with Gasteiger partial charge in [-0.2, -0.15) is 0 Å². The molecule has 0 aliphatic heterocycles. The number of hydrogen-bond donors (Lipinski definition) is 2. The van der Waals surface area contributed by atoms with E-state index in [1.165, 1.54) is 12.3 Å². The Morgan fingerprint density at radius 1 is 1.46 bits per heavy atom. The average molecular weight is 179 g/mol. The van der Waals surface area contributed by atoms with Gasteiger partial charge in [0.2, 0.25) is 0 Å². The lowest BCUT2D eigenvalue weighted by Crippen LogP contribution is -2.18. The Morgan fingerprint density at radius 3 is 2.23 bits per heavy atom. The molecule has 0 aromatic rings. The van der Waals surface area contributed by atoms with Gasteiger partial charge in [0.25, 0.3) is 0 Å². The minimum atomic E-state index is -1.55. The van der Waals surface area contributed by atoms with E-state index in [2.05, 4.69) is 18.2 Å². The lowest BCUT2D eigenvalue weighted by molar-refractivity contribution is 0.421. The molecule has 70 valence electrons. The molecular formula is C9H14BNO2. The van der Waals surface area contributed by atoms with E-state index in [4.69, 9.17) is 10.0 Å². The third-order valence-electron chi connectivity index (χ3n) is 1.52. The van der Waals surface area contributed by atoms with Crippen molar-refractivity contribution in [3.8, 4) is 0 Å². The van der Waals surface area contributed by atoms with E-state index in [-0.39, 0.29) is 0 Å². The van der Waals surface area contributed by atoms with Crippen molar-refractivity contribution in [1.82, 2.24) is 0 Å². The normalized spacial score (nSPS) is 12.6. The molecule has 0 fully saturated rings. The van der Waals surface area contributed by atoms with E-state index in [1.807, 2.05) is 0 Å². The average Bonchev–Trinajstić information content (AvgIpc) is 2.03. The van der Waals surface area contributed by atoms with E-state index in [1.54, 1.807) is 14.0 Å². The van der Waals surface area contributed by atoms with E-state index < -0.39 is 7.12 Å². The fraction of sp³-hybridized carbons (Fsp3) is 0.222. The van der Waals surface area contributed by atoms with Crippen LogP contribution in [-0.4, -0.2) is 30.4 Å². The predicted molar refractivity (Wildman–Crippen MR) is 56.6 cm³/mol. The van der Waals surface area contributed by atoms with Crippen molar-refractivity contribution in [2.24, 2.45) is 4.99 Å². The Hall–Kier alpha value is -1.13. The molecule has 0 spiro atoms. The van der Waals surface area contributed by atoms with Crippen LogP contribution in [0.2, 0.25) is 0 Å². The molecule has 0 rings (SSSR count). The number of allylic oxidation sites excluding steroid dienone is 4. The molecule has 2 N–H and O–H groups in total. The molecule has 0 amide bonds. The monoisotopic (exact) mass is 179 g/mol. The van der Waals surface area contributed by atoms with Crippen LogP contribution in [0.15, 0.2) is 40.8 Å². The summed E-state index contributed by atoms with van der Waals surface area (Å²) in [6.07, 6.45) is 2.91. The zero-order valence-electron chi connectivity index (χ0n) is 7.99. The van der Waals surface area contributed by atoms with Crippen molar-refractivity contribution in [2.75, 3.05) is 7.05 Å². The summed E-state index contributed by atoms with van der Waals surface area (Å²) in [5.41, 5.74) is 1.64. The van der Waals surface area contributed by atoms with E-state index in [9.17, 15) is 0 Å². The maximum absolute atomic E-state index is 9.01. The van der Waals surface area contributed by atoms with Crippen molar-refractivity contribution in [3.05, 3.63) is 35.9 Å². The van der Waals surface area contributed by atoms with Gasteiger partial charge in [0, 0.05) is 18.7 Å². The van der Waals surface area contributed by atoms with Crippen LogP contribution in [0.5, 0.6) is 0 Å². The highest BCUT2D eigenvalue weighted by molar-refractivity contribution is 6.57. The molecule has 0 atom stereocenters. The van der Waals surface area contributed by atoms with Crippen LogP contribution in [0.4, 0.5) is 0 Å². The Labute approximate surface area is 79.0 Å². The van der Waals surface area contributed by atoms with Gasteiger partial charge in [-0.1, -0.05) is 24.8 Å². The molecule has 0 aliphatic carbocycles. The number of aliphatic imine (C=N–C) groups is 1. The lowest BCUT2D eigenvalue weighted by atomic mass is 9.75. The molecular weight excluding hydrogens is 165 g/mol. The molecule has 0 heterocycles. The first-order valence-corrected chi connectivity index (χ1v) is 3.85. The van der Waals surface area contributed by atoms with Gasteiger partial charge in [-0.15, -0.1) is 0 Å². The van der Waals surface area contributed by atoms with E-state index in [0.29, 0.717) is 11.0 Å². The van der Waals surface area contributed by atoms with Crippen LogP contribution < -0.4 is 0 Å². The summed E-state index contributed by atoms with van der Waals surface area (Å²) in [6.45, 7) is 9.03. The molecule has 4 heteroatoms. The second-order valence-electron chi connectivity index (χ2n) is 2.61. The third-order valence-corrected chi connectivity index (χ3v) is 1.52. The topological polar surface area (TPSA) is 52.8 Å². The maximum Gasteiger partial charge on any atom is 0.490 e. The summed E-state index contributed by atoms with van der Waals surface area (Å²) < 4.78 is 0. The number of hydrogen-bond acceptors (Lipinski definition) is 3. The number of rotatable bonds is 4. The largest absolute Gasteiger partial charge is 0.490 e. The summed E-state index contributed by atoms with van der Waals surface area (Å²) in [5.74, 6) is 0. The molecule has 0 aliphatic rings. The molecule has 0 aromatic carbocycles. The molecule has 13 heavy (non-hydrogen) atoms. The summed E-state index contributed by atoms with van der Waals surface area (Å²) in [6, 6.07) is 0. The Bertz CT molecular complexity index is 267. The molecule has 3 nitrogen and oxygen atoms in total. The summed E-state index contributed by atoms with van der Waals surface area (Å²) in [4.78, 5) is 3.72. The van der Waals surface area contributed by atoms with Gasteiger partial charge in [0.15, 0.2) is 0 Å². The van der Waals surface area contributed by atoms with Gasteiger partial charge >= 0.3 is 7.12 Å². The van der Waals surface area contributed by atoms with Crippen molar-refractivity contribution >= 4 is 13.3 Å². The highest BCUT2D eigenvalue weighted by atomic mass is 16.4. The Balaban J connectivity index is 5.25. The molecule has 0 radical (unpaired) electrons. The van der Waals surface area contributed by atoms with Crippen molar-refractivity contribution in [3.63, 3.8) is 0 Å². The van der Waals surface area contributed by atoms with Crippen LogP contribution in [0.25, 0.3) is 0 Å². The minimum Gasteiger partial charge on any atom is -0.423 e. The quantitative estimate of drug-likeness (QED) is 0.380. The summed E-state index contributed by atoms with van der Waals surface area (Å²) in [7, 11) is 0.00928. The van der Waals surface area contributed by atoms with Crippen LogP contribution >= 0.6 is 0 Å². The maximum atomic E-state index is 9.01. The summed E-state index contributed by atoms with van der Waals surface area (Å²) in [5, 5.41) is 18.0. The van der Waals surface area contributed by atoms with Gasteiger partial charge in [-0.25, -0.2) is 0 Å². The van der Waals surface area contributed by atoms with Gasteiger partial charge in [-0.3, -0.25) is 4.99 Å². The van der Waals surface area contributed by atoms with Gasteiger partial charge < -0.3 is 10.0 Å². The first-order chi connectivity index (χ1) is 6.04. The predicted octanol–water partition coefficient (Wildman–Crippen LogP) is 0.758. The van der Waals surface area contributed by atoms with E-state index in [0.717, 1.165) is 5.57 Å². The van der Waals surface area contributed by atoms with Crippen molar-refractivity contribution in [1.29, 1.82) is 0 Å². The summed E-state index contributed by atoms with van der Waals surface area (Å²) >= 11 is 0.